The summed E-state index contributed by atoms with van der Waals surface area (Å²) in [6.45, 7) is 3.99. The molecule has 0 unspecified atom stereocenters. The molecule has 0 saturated carbocycles. The summed E-state index contributed by atoms with van der Waals surface area (Å²) < 4.78 is 9.32. The van der Waals surface area contributed by atoms with E-state index in [2.05, 4.69) is 9.47 Å². The van der Waals surface area contributed by atoms with Crippen LogP contribution in [0.3, 0.4) is 0 Å². The molecule has 1 radical (unpaired) electrons. The van der Waals surface area contributed by atoms with Crippen LogP contribution in [0.1, 0.15) is 13.8 Å². The van der Waals surface area contributed by atoms with Gasteiger partial charge < -0.3 is 9.47 Å². The van der Waals surface area contributed by atoms with E-state index < -0.39 is 12.3 Å². The third-order valence-corrected chi connectivity index (χ3v) is 0.829. The highest BCUT2D eigenvalue weighted by Gasteiger charge is 2.18. The Balaban J connectivity index is 3.61. The summed E-state index contributed by atoms with van der Waals surface area (Å²) in [4.78, 5) is 10.1. The van der Waals surface area contributed by atoms with Crippen molar-refractivity contribution < 1.29 is 19.4 Å². The third kappa shape index (κ3) is 3.42. The predicted molar refractivity (Wildman–Crippen MR) is 32.7 cm³/mol. The fourth-order valence-corrected chi connectivity index (χ4v) is 0.487. The van der Waals surface area contributed by atoms with Gasteiger partial charge in [0.05, 0.1) is 0 Å². The average Bonchev–Trinajstić information content (AvgIpc) is 1.87. The molecule has 0 aliphatic heterocycles. The van der Waals surface area contributed by atoms with E-state index in [1.807, 2.05) is 0 Å². The topological polar surface area (TPSA) is 55.4 Å². The van der Waals surface area contributed by atoms with E-state index in [4.69, 9.17) is 0 Å². The lowest BCUT2D eigenvalue weighted by Gasteiger charge is -2.09. The van der Waals surface area contributed by atoms with Crippen molar-refractivity contribution in [2.75, 3.05) is 13.2 Å². The van der Waals surface area contributed by atoms with Gasteiger partial charge in [0.2, 0.25) is 0 Å². The van der Waals surface area contributed by atoms with Gasteiger partial charge in [0.15, 0.2) is 0 Å². The zero-order chi connectivity index (χ0) is 7.98. The number of rotatable bonds is 5. The molecule has 10 heavy (non-hydrogen) atoms. The lowest BCUT2D eigenvalue weighted by atomic mass is 10.6. The van der Waals surface area contributed by atoms with Gasteiger partial charge in [-0.3, -0.25) is 0 Å². The monoisotopic (exact) mass is 147 g/mol. The van der Waals surface area contributed by atoms with Crippen LogP contribution in [0, 0.1) is 0 Å². The smallest absolute Gasteiger partial charge is 0.343 e. The van der Waals surface area contributed by atoms with Gasteiger partial charge in [-0.15, -0.1) is 0 Å². The van der Waals surface area contributed by atoms with Crippen LogP contribution in [0.2, 0.25) is 0 Å². The molecule has 0 heterocycles. The van der Waals surface area contributed by atoms with E-state index in [1.165, 1.54) is 0 Å². The van der Waals surface area contributed by atoms with Crippen molar-refractivity contribution in [1.29, 1.82) is 0 Å². The molecular weight excluding hydrogens is 136 g/mol. The maximum Gasteiger partial charge on any atom is 0.411 e. The molecule has 0 aromatic heterocycles. The van der Waals surface area contributed by atoms with Crippen LogP contribution >= 0.6 is 0 Å². The van der Waals surface area contributed by atoms with E-state index in [-0.39, 0.29) is 0 Å². The van der Waals surface area contributed by atoms with Crippen LogP contribution in [-0.2, 0) is 19.4 Å². The van der Waals surface area contributed by atoms with E-state index in [0.29, 0.717) is 13.2 Å². The van der Waals surface area contributed by atoms with Crippen molar-refractivity contribution in [2.24, 2.45) is 0 Å². The van der Waals surface area contributed by atoms with Crippen molar-refractivity contribution in [3.8, 4) is 0 Å². The Labute approximate surface area is 59.7 Å². The highest BCUT2D eigenvalue weighted by atomic mass is 16.7. The van der Waals surface area contributed by atoms with Gasteiger partial charge in [0.25, 0.3) is 6.29 Å². The molecule has 0 N–H and O–H groups in total. The lowest BCUT2D eigenvalue weighted by Crippen LogP contribution is -2.26. The second-order valence-electron chi connectivity index (χ2n) is 1.56. The van der Waals surface area contributed by atoms with Gasteiger partial charge >= 0.3 is 5.97 Å². The molecule has 0 bridgehead atoms. The average molecular weight is 147 g/mol. The van der Waals surface area contributed by atoms with Crippen molar-refractivity contribution in [1.82, 2.24) is 0 Å². The van der Waals surface area contributed by atoms with Crippen LogP contribution in [-0.4, -0.2) is 25.5 Å². The minimum atomic E-state index is -1.33. The van der Waals surface area contributed by atoms with E-state index >= 15 is 0 Å². The number of carbonyl (C=O) groups is 1. The first-order valence-electron chi connectivity index (χ1n) is 3.16. The van der Waals surface area contributed by atoms with Crippen molar-refractivity contribution in [2.45, 2.75) is 20.1 Å². The summed E-state index contributed by atoms with van der Waals surface area (Å²) in [7, 11) is 0. The van der Waals surface area contributed by atoms with Gasteiger partial charge in [0.1, 0.15) is 0 Å². The largest absolute Gasteiger partial charge is 0.411 e. The maximum absolute atomic E-state index is 10.1. The molecule has 0 aliphatic rings. The van der Waals surface area contributed by atoms with Gasteiger partial charge in [0, 0.05) is 13.2 Å². The molecule has 0 atom stereocenters. The Morgan fingerprint density at radius 3 is 1.90 bits per heavy atom. The number of ether oxygens (including phenoxy) is 2. The zero-order valence-electron chi connectivity index (χ0n) is 6.12. The Morgan fingerprint density at radius 2 is 1.70 bits per heavy atom. The first kappa shape index (κ1) is 9.39. The highest BCUT2D eigenvalue weighted by molar-refractivity contribution is 5.70. The molecule has 0 aromatic rings. The molecule has 4 heteroatoms. The number of carbonyl (C=O) groups excluding carboxylic acids is 1. The van der Waals surface area contributed by atoms with Crippen LogP contribution in [0.25, 0.3) is 0 Å². The summed E-state index contributed by atoms with van der Waals surface area (Å²) in [5, 5.41) is 10.1. The molecule has 0 amide bonds. The Kier molecular flexibility index (Phi) is 4.88. The fraction of sp³-hybridized carbons (Fsp3) is 0.833. The molecule has 59 valence electrons. The standard InChI is InChI=1S/C6H11O4/c1-3-9-6(5(7)8)10-4-2/h6H,3-4H2,1-2H3. The highest BCUT2D eigenvalue weighted by Crippen LogP contribution is 1.94. The maximum atomic E-state index is 10.1. The molecule has 0 fully saturated rings. The van der Waals surface area contributed by atoms with Gasteiger partial charge in [-0.25, -0.2) is 9.90 Å². The van der Waals surface area contributed by atoms with Crippen molar-refractivity contribution >= 4 is 5.97 Å². The summed E-state index contributed by atoms with van der Waals surface area (Å²) in [5.74, 6) is -1.33. The quantitative estimate of drug-likeness (QED) is 0.527. The second kappa shape index (κ2) is 5.20. The summed E-state index contributed by atoms with van der Waals surface area (Å²) in [5.41, 5.74) is 0. The Morgan fingerprint density at radius 1 is 1.30 bits per heavy atom. The van der Waals surface area contributed by atoms with Gasteiger partial charge in [-0.05, 0) is 13.8 Å². The molecule has 0 aliphatic carbocycles. The molecule has 0 rings (SSSR count). The fourth-order valence-electron chi connectivity index (χ4n) is 0.487. The Hall–Kier alpha value is -0.610. The first-order valence-corrected chi connectivity index (χ1v) is 3.16. The van der Waals surface area contributed by atoms with Gasteiger partial charge in [-0.2, -0.15) is 0 Å². The zero-order valence-corrected chi connectivity index (χ0v) is 6.12. The van der Waals surface area contributed by atoms with Crippen LogP contribution in [0.15, 0.2) is 0 Å². The number of hydrogen-bond donors (Lipinski definition) is 0. The third-order valence-electron chi connectivity index (χ3n) is 0.829. The minimum absolute atomic E-state index is 0.304. The number of hydrogen-bond acceptors (Lipinski definition) is 3. The minimum Gasteiger partial charge on any atom is -0.343 e. The normalized spacial score (nSPS) is 10.3. The van der Waals surface area contributed by atoms with Crippen LogP contribution in [0.4, 0.5) is 0 Å². The lowest BCUT2D eigenvalue weighted by molar-refractivity contribution is -0.193. The van der Waals surface area contributed by atoms with Crippen LogP contribution < -0.4 is 0 Å². The molecule has 0 aromatic carbocycles. The molecule has 0 saturated heterocycles. The summed E-state index contributed by atoms with van der Waals surface area (Å²) >= 11 is 0. The summed E-state index contributed by atoms with van der Waals surface area (Å²) in [6, 6.07) is 0. The molecule has 4 nitrogen and oxygen atoms in total. The van der Waals surface area contributed by atoms with Crippen LogP contribution in [0.5, 0.6) is 0 Å². The molecular formula is C6H11O4. The van der Waals surface area contributed by atoms with E-state index in [9.17, 15) is 9.90 Å². The summed E-state index contributed by atoms with van der Waals surface area (Å²) in [6.07, 6.45) is -1.21. The van der Waals surface area contributed by atoms with Gasteiger partial charge in [-0.1, -0.05) is 0 Å². The van der Waals surface area contributed by atoms with E-state index in [0.717, 1.165) is 0 Å². The molecule has 0 spiro atoms. The van der Waals surface area contributed by atoms with E-state index in [1.54, 1.807) is 13.8 Å². The SMILES string of the molecule is CCOC(OCC)C([O])=O. The second-order valence-corrected chi connectivity index (χ2v) is 1.56. The van der Waals surface area contributed by atoms with Crippen molar-refractivity contribution in [3.63, 3.8) is 0 Å². The Bertz CT molecular complexity index is 95.9. The van der Waals surface area contributed by atoms with Crippen molar-refractivity contribution in [3.05, 3.63) is 0 Å². The first-order chi connectivity index (χ1) is 4.72. The predicted octanol–water partition coefficient (Wildman–Crippen LogP) is 0.343.